The van der Waals surface area contributed by atoms with Crippen LogP contribution in [0.2, 0.25) is 0 Å². The second kappa shape index (κ2) is 7.43. The minimum absolute atomic E-state index is 0.0879. The van der Waals surface area contributed by atoms with Gasteiger partial charge in [-0.05, 0) is 31.2 Å². The van der Waals surface area contributed by atoms with E-state index in [1.165, 1.54) is 17.5 Å². The van der Waals surface area contributed by atoms with Crippen molar-refractivity contribution in [2.24, 2.45) is 0 Å². The summed E-state index contributed by atoms with van der Waals surface area (Å²) in [4.78, 5) is 19.8. The molecule has 0 spiro atoms. The maximum atomic E-state index is 13.9. The fraction of sp³-hybridized carbons (Fsp3) is 0.167. The van der Waals surface area contributed by atoms with Gasteiger partial charge >= 0.3 is 12.1 Å². The molecular formula is C18H12F4N2O2S. The summed E-state index contributed by atoms with van der Waals surface area (Å²) in [5, 5.41) is 1.65. The van der Waals surface area contributed by atoms with E-state index in [0.717, 1.165) is 35.9 Å². The van der Waals surface area contributed by atoms with Crippen molar-refractivity contribution in [3.05, 3.63) is 59.0 Å². The summed E-state index contributed by atoms with van der Waals surface area (Å²) in [5.74, 6) is -1.57. The molecule has 0 aliphatic carbocycles. The maximum Gasteiger partial charge on any atom is 0.417 e. The van der Waals surface area contributed by atoms with Crippen molar-refractivity contribution in [1.82, 2.24) is 9.97 Å². The molecule has 3 aromatic rings. The van der Waals surface area contributed by atoms with Crippen LogP contribution in [0.25, 0.3) is 21.8 Å². The topological polar surface area (TPSA) is 52.1 Å². The number of aromatic nitrogens is 2. The van der Waals surface area contributed by atoms with Crippen LogP contribution in [0, 0.1) is 5.82 Å². The third kappa shape index (κ3) is 3.97. The Morgan fingerprint density at radius 1 is 1.26 bits per heavy atom. The van der Waals surface area contributed by atoms with E-state index in [2.05, 4.69) is 9.97 Å². The quantitative estimate of drug-likeness (QED) is 0.449. The monoisotopic (exact) mass is 396 g/mol. The van der Waals surface area contributed by atoms with Crippen molar-refractivity contribution in [3.63, 3.8) is 0 Å². The van der Waals surface area contributed by atoms with Gasteiger partial charge in [0.05, 0.1) is 23.4 Å². The first-order valence-electron chi connectivity index (χ1n) is 7.75. The Labute approximate surface area is 155 Å². The van der Waals surface area contributed by atoms with Gasteiger partial charge in [0.2, 0.25) is 0 Å². The first-order chi connectivity index (χ1) is 12.8. The SMILES string of the molecule is CCOC(=O)c1cc(-c2csc(-c3cnccc3C(F)(F)F)n2)ccc1F. The van der Waals surface area contributed by atoms with Crippen LogP contribution < -0.4 is 0 Å². The Balaban J connectivity index is 2.01. The highest BCUT2D eigenvalue weighted by Crippen LogP contribution is 2.38. The van der Waals surface area contributed by atoms with E-state index in [1.54, 1.807) is 6.92 Å². The highest BCUT2D eigenvalue weighted by atomic mass is 32.1. The lowest BCUT2D eigenvalue weighted by molar-refractivity contribution is -0.137. The number of hydrogen-bond donors (Lipinski definition) is 0. The summed E-state index contributed by atoms with van der Waals surface area (Å²) in [6.45, 7) is 1.68. The fourth-order valence-electron chi connectivity index (χ4n) is 2.39. The van der Waals surface area contributed by atoms with Crippen LogP contribution in [-0.4, -0.2) is 22.5 Å². The van der Waals surface area contributed by atoms with Gasteiger partial charge in [0.25, 0.3) is 0 Å². The number of carbonyl (C=O) groups excluding carboxylic acids is 1. The number of benzene rings is 1. The Kier molecular flexibility index (Phi) is 5.22. The maximum absolute atomic E-state index is 13.9. The predicted octanol–water partition coefficient (Wildman–Crippen LogP) is 5.21. The van der Waals surface area contributed by atoms with E-state index < -0.39 is 23.5 Å². The number of esters is 1. The largest absolute Gasteiger partial charge is 0.462 e. The minimum Gasteiger partial charge on any atom is -0.462 e. The molecule has 0 saturated carbocycles. The minimum atomic E-state index is -4.54. The molecule has 1 aromatic carbocycles. The van der Waals surface area contributed by atoms with E-state index in [4.69, 9.17) is 4.74 Å². The first kappa shape index (κ1) is 19.0. The lowest BCUT2D eigenvalue weighted by atomic mass is 10.1. The molecule has 27 heavy (non-hydrogen) atoms. The fourth-order valence-corrected chi connectivity index (χ4v) is 3.24. The Hall–Kier alpha value is -2.81. The molecule has 0 radical (unpaired) electrons. The van der Waals surface area contributed by atoms with Gasteiger partial charge in [-0.3, -0.25) is 4.98 Å². The summed E-state index contributed by atoms with van der Waals surface area (Å²) in [7, 11) is 0. The highest BCUT2D eigenvalue weighted by Gasteiger charge is 2.34. The number of alkyl halides is 3. The Bertz CT molecular complexity index is 985. The van der Waals surface area contributed by atoms with Gasteiger partial charge in [0.15, 0.2) is 0 Å². The molecule has 0 amide bonds. The van der Waals surface area contributed by atoms with Gasteiger partial charge in [0.1, 0.15) is 10.8 Å². The second-order valence-corrected chi connectivity index (χ2v) is 6.23. The number of thiazole rings is 1. The zero-order valence-electron chi connectivity index (χ0n) is 13.9. The number of halogens is 4. The molecule has 0 atom stereocenters. The van der Waals surface area contributed by atoms with Crippen LogP contribution >= 0.6 is 11.3 Å². The average Bonchev–Trinajstić information content (AvgIpc) is 3.11. The number of nitrogens with zero attached hydrogens (tertiary/aromatic N) is 2. The van der Waals surface area contributed by atoms with Crippen LogP contribution in [0.4, 0.5) is 17.6 Å². The standard InChI is InChI=1S/C18H12F4N2O2S/c1-2-26-17(25)11-7-10(3-4-14(11)19)15-9-27-16(24-15)12-8-23-6-5-13(12)18(20,21)22/h3-9H,2H2,1H3. The summed E-state index contributed by atoms with van der Waals surface area (Å²) < 4.78 is 58.2. The molecule has 4 nitrogen and oxygen atoms in total. The number of carbonyl (C=O) groups is 1. The van der Waals surface area contributed by atoms with Crippen LogP contribution in [-0.2, 0) is 10.9 Å². The first-order valence-corrected chi connectivity index (χ1v) is 8.63. The molecule has 3 rings (SSSR count). The van der Waals surface area contributed by atoms with Crippen molar-refractivity contribution >= 4 is 17.3 Å². The van der Waals surface area contributed by atoms with E-state index in [9.17, 15) is 22.4 Å². The van der Waals surface area contributed by atoms with Gasteiger partial charge in [-0.25, -0.2) is 14.2 Å². The molecule has 0 aliphatic rings. The molecular weight excluding hydrogens is 384 g/mol. The summed E-state index contributed by atoms with van der Waals surface area (Å²) in [6.07, 6.45) is -2.39. The summed E-state index contributed by atoms with van der Waals surface area (Å²) in [5.41, 5.74) is -0.545. The van der Waals surface area contributed by atoms with E-state index in [-0.39, 0.29) is 22.7 Å². The van der Waals surface area contributed by atoms with Gasteiger partial charge in [-0.2, -0.15) is 13.2 Å². The zero-order valence-corrected chi connectivity index (χ0v) is 14.7. The van der Waals surface area contributed by atoms with Crippen LogP contribution in [0.15, 0.2) is 42.0 Å². The van der Waals surface area contributed by atoms with E-state index in [1.807, 2.05) is 0 Å². The van der Waals surface area contributed by atoms with Crippen molar-refractivity contribution in [1.29, 1.82) is 0 Å². The summed E-state index contributed by atoms with van der Waals surface area (Å²) in [6, 6.07) is 4.63. The van der Waals surface area contributed by atoms with E-state index >= 15 is 0 Å². The smallest absolute Gasteiger partial charge is 0.417 e. The molecule has 0 N–H and O–H groups in total. The molecule has 2 heterocycles. The van der Waals surface area contributed by atoms with Gasteiger partial charge < -0.3 is 4.74 Å². The van der Waals surface area contributed by atoms with Crippen molar-refractivity contribution in [2.75, 3.05) is 6.61 Å². The molecule has 0 fully saturated rings. The number of hydrogen-bond acceptors (Lipinski definition) is 5. The lowest BCUT2D eigenvalue weighted by Crippen LogP contribution is -2.07. The van der Waals surface area contributed by atoms with Crippen LogP contribution in [0.1, 0.15) is 22.8 Å². The normalized spacial score (nSPS) is 11.4. The molecule has 0 bridgehead atoms. The van der Waals surface area contributed by atoms with Crippen molar-refractivity contribution < 1.29 is 27.1 Å². The Morgan fingerprint density at radius 2 is 2.04 bits per heavy atom. The van der Waals surface area contributed by atoms with Crippen molar-refractivity contribution in [2.45, 2.75) is 13.1 Å². The lowest BCUT2D eigenvalue weighted by Gasteiger charge is -2.09. The van der Waals surface area contributed by atoms with Crippen LogP contribution in [0.3, 0.4) is 0 Å². The molecule has 9 heteroatoms. The molecule has 0 aliphatic heterocycles. The molecule has 140 valence electrons. The number of ether oxygens (including phenoxy) is 1. The molecule has 0 unspecified atom stereocenters. The van der Waals surface area contributed by atoms with Gasteiger partial charge in [-0.1, -0.05) is 0 Å². The Morgan fingerprint density at radius 3 is 2.74 bits per heavy atom. The summed E-state index contributed by atoms with van der Waals surface area (Å²) >= 11 is 0.995. The second-order valence-electron chi connectivity index (χ2n) is 5.37. The van der Waals surface area contributed by atoms with Gasteiger partial charge in [-0.15, -0.1) is 11.3 Å². The third-order valence-corrected chi connectivity index (χ3v) is 4.49. The number of pyridine rings is 1. The van der Waals surface area contributed by atoms with E-state index in [0.29, 0.717) is 11.3 Å². The number of rotatable bonds is 4. The van der Waals surface area contributed by atoms with Crippen molar-refractivity contribution in [3.8, 4) is 21.8 Å². The predicted molar refractivity (Wildman–Crippen MR) is 91.7 cm³/mol. The van der Waals surface area contributed by atoms with Crippen LogP contribution in [0.5, 0.6) is 0 Å². The third-order valence-electron chi connectivity index (χ3n) is 3.62. The highest BCUT2D eigenvalue weighted by molar-refractivity contribution is 7.13. The molecule has 2 aromatic heterocycles. The van der Waals surface area contributed by atoms with Gasteiger partial charge in [0, 0.05) is 28.9 Å². The average molecular weight is 396 g/mol. The molecule has 0 saturated heterocycles. The zero-order chi connectivity index (χ0) is 19.6.